The lowest BCUT2D eigenvalue weighted by Crippen LogP contribution is -2.45. The van der Waals surface area contributed by atoms with E-state index in [0.717, 1.165) is 51.4 Å². The molecular weight excluding hydrogens is 995 g/mol. The summed E-state index contributed by atoms with van der Waals surface area (Å²) in [6.07, 6.45) is 89.6. The maximum atomic E-state index is 12.5. The minimum Gasteiger partial charge on any atom is -0.466 e. The maximum absolute atomic E-state index is 12.5. The van der Waals surface area contributed by atoms with Crippen LogP contribution in [0.3, 0.4) is 0 Å². The van der Waals surface area contributed by atoms with Gasteiger partial charge in [-0.05, 0) is 57.8 Å². The van der Waals surface area contributed by atoms with Crippen molar-refractivity contribution in [3.8, 4) is 0 Å². The van der Waals surface area contributed by atoms with Crippen LogP contribution in [0.2, 0.25) is 0 Å². The first-order valence-electron chi connectivity index (χ1n) is 37.1. The molecule has 480 valence electrons. The molecule has 6 nitrogen and oxygen atoms in total. The number of hydrogen-bond acceptors (Lipinski definition) is 5. The second-order valence-corrected chi connectivity index (χ2v) is 25.6. The van der Waals surface area contributed by atoms with Gasteiger partial charge in [-0.15, -0.1) is 0 Å². The number of ether oxygens (including phenoxy) is 1. The largest absolute Gasteiger partial charge is 0.466 e. The van der Waals surface area contributed by atoms with Crippen molar-refractivity contribution in [1.29, 1.82) is 0 Å². The number of allylic oxidation sites excluding steroid dienone is 4. The highest BCUT2D eigenvalue weighted by Gasteiger charge is 2.20. The second kappa shape index (κ2) is 70.8. The van der Waals surface area contributed by atoms with Crippen LogP contribution >= 0.6 is 0 Å². The maximum Gasteiger partial charge on any atom is 0.305 e. The highest BCUT2D eigenvalue weighted by atomic mass is 16.5. The van der Waals surface area contributed by atoms with Gasteiger partial charge >= 0.3 is 5.97 Å². The fourth-order valence-electron chi connectivity index (χ4n) is 11.9. The molecule has 0 spiro atoms. The molecule has 0 saturated heterocycles. The first-order valence-corrected chi connectivity index (χ1v) is 37.1. The Kier molecular flexibility index (Phi) is 69.4. The molecule has 0 aromatic rings. The van der Waals surface area contributed by atoms with E-state index in [1.807, 2.05) is 0 Å². The lowest BCUT2D eigenvalue weighted by molar-refractivity contribution is -0.143. The lowest BCUT2D eigenvalue weighted by atomic mass is 10.0. The molecular formula is C75H145NO5. The zero-order chi connectivity index (χ0) is 58.5. The number of carbonyl (C=O) groups excluding carboxylic acids is 2. The van der Waals surface area contributed by atoms with Gasteiger partial charge in [0.05, 0.1) is 25.4 Å². The third kappa shape index (κ3) is 67.3. The number of amides is 1. The van der Waals surface area contributed by atoms with Crippen molar-refractivity contribution in [2.45, 2.75) is 431 Å². The Balaban J connectivity index is 3.32. The van der Waals surface area contributed by atoms with Gasteiger partial charge in [0.1, 0.15) is 0 Å². The van der Waals surface area contributed by atoms with Crippen molar-refractivity contribution >= 4 is 11.9 Å². The molecule has 2 atom stereocenters. The third-order valence-corrected chi connectivity index (χ3v) is 17.5. The van der Waals surface area contributed by atoms with E-state index in [1.165, 1.54) is 334 Å². The van der Waals surface area contributed by atoms with Crippen molar-refractivity contribution in [3.63, 3.8) is 0 Å². The van der Waals surface area contributed by atoms with Gasteiger partial charge in [-0.3, -0.25) is 9.59 Å². The molecule has 0 heterocycles. The molecule has 6 heteroatoms. The number of hydrogen-bond donors (Lipinski definition) is 3. The normalized spacial score (nSPS) is 12.6. The van der Waals surface area contributed by atoms with Crippen molar-refractivity contribution in [1.82, 2.24) is 5.32 Å². The van der Waals surface area contributed by atoms with Crippen molar-refractivity contribution in [3.05, 3.63) is 24.3 Å². The van der Waals surface area contributed by atoms with E-state index in [0.29, 0.717) is 25.9 Å². The molecule has 0 aliphatic rings. The van der Waals surface area contributed by atoms with E-state index in [9.17, 15) is 19.8 Å². The summed E-state index contributed by atoms with van der Waals surface area (Å²) in [6.45, 7) is 4.97. The average molecular weight is 1140 g/mol. The summed E-state index contributed by atoms with van der Waals surface area (Å²) in [5.41, 5.74) is 0. The average Bonchev–Trinajstić information content (AvgIpc) is 3.47. The number of aliphatic hydroxyl groups is 2. The minimum absolute atomic E-state index is 0.0137. The Hall–Kier alpha value is -1.66. The van der Waals surface area contributed by atoms with Crippen LogP contribution in [0.1, 0.15) is 418 Å². The Morgan fingerprint density at radius 2 is 0.617 bits per heavy atom. The molecule has 0 bridgehead atoms. The zero-order valence-electron chi connectivity index (χ0n) is 55.0. The second-order valence-electron chi connectivity index (χ2n) is 25.6. The van der Waals surface area contributed by atoms with Crippen LogP contribution in [0.15, 0.2) is 24.3 Å². The summed E-state index contributed by atoms with van der Waals surface area (Å²) in [5.74, 6) is -0.0135. The van der Waals surface area contributed by atoms with Crippen LogP contribution in [-0.2, 0) is 14.3 Å². The van der Waals surface area contributed by atoms with Gasteiger partial charge in [-0.2, -0.15) is 0 Å². The molecule has 0 rings (SSSR count). The highest BCUT2D eigenvalue weighted by Crippen LogP contribution is 2.20. The third-order valence-electron chi connectivity index (χ3n) is 17.5. The fourth-order valence-corrected chi connectivity index (χ4v) is 11.9. The van der Waals surface area contributed by atoms with E-state index >= 15 is 0 Å². The van der Waals surface area contributed by atoms with Crippen LogP contribution in [0.4, 0.5) is 0 Å². The Bertz CT molecular complexity index is 1270. The molecule has 0 fully saturated rings. The number of unbranched alkanes of at least 4 members (excludes halogenated alkanes) is 55. The van der Waals surface area contributed by atoms with E-state index in [2.05, 4.69) is 43.5 Å². The van der Waals surface area contributed by atoms with Gasteiger partial charge < -0.3 is 20.3 Å². The number of nitrogens with one attached hydrogen (secondary N) is 1. The number of rotatable bonds is 70. The first-order chi connectivity index (χ1) is 40.0. The highest BCUT2D eigenvalue weighted by molar-refractivity contribution is 5.76. The topological polar surface area (TPSA) is 95.9 Å². The summed E-state index contributed by atoms with van der Waals surface area (Å²) >= 11 is 0. The zero-order valence-corrected chi connectivity index (χ0v) is 55.0. The monoisotopic (exact) mass is 1140 g/mol. The van der Waals surface area contributed by atoms with Crippen LogP contribution < -0.4 is 5.32 Å². The molecule has 0 aromatic carbocycles. The quantitative estimate of drug-likeness (QED) is 0.0320. The molecule has 3 N–H and O–H groups in total. The van der Waals surface area contributed by atoms with Crippen LogP contribution in [0.25, 0.3) is 0 Å². The van der Waals surface area contributed by atoms with Crippen molar-refractivity contribution < 1.29 is 24.5 Å². The molecule has 0 radical (unpaired) electrons. The first kappa shape index (κ1) is 79.3. The Morgan fingerprint density at radius 1 is 0.346 bits per heavy atom. The fraction of sp³-hybridized carbons (Fsp3) is 0.920. The molecule has 0 saturated carbocycles. The van der Waals surface area contributed by atoms with E-state index in [4.69, 9.17) is 4.74 Å². The van der Waals surface area contributed by atoms with Crippen molar-refractivity contribution in [2.75, 3.05) is 13.2 Å². The summed E-state index contributed by atoms with van der Waals surface area (Å²) in [5, 5.41) is 23.4. The van der Waals surface area contributed by atoms with E-state index in [-0.39, 0.29) is 18.5 Å². The van der Waals surface area contributed by atoms with Crippen LogP contribution in [0.5, 0.6) is 0 Å². The molecule has 81 heavy (non-hydrogen) atoms. The standard InChI is InChI=1S/C75H145NO5/c1-3-5-7-9-11-13-15-17-19-36-41-45-49-53-57-61-65-69-75(80)81-70-66-62-58-54-50-46-42-38-35-33-31-29-27-25-23-21-22-24-26-28-30-32-34-37-40-44-48-52-56-60-64-68-74(79)76-72(71-77)73(78)67-63-59-55-51-47-43-39-20-18-16-14-12-10-8-6-4-2/h11,13,17,19,72-73,77-78H,3-10,12,14-16,18,20-71H2,1-2H3,(H,76,79)/b13-11-,19-17-. The van der Waals surface area contributed by atoms with Gasteiger partial charge in [0, 0.05) is 12.8 Å². The predicted octanol–water partition coefficient (Wildman–Crippen LogP) is 24.1. The lowest BCUT2D eigenvalue weighted by Gasteiger charge is -2.22. The summed E-state index contributed by atoms with van der Waals surface area (Å²) in [7, 11) is 0. The summed E-state index contributed by atoms with van der Waals surface area (Å²) < 4.78 is 5.50. The van der Waals surface area contributed by atoms with E-state index in [1.54, 1.807) is 0 Å². The number of esters is 1. The molecule has 1 amide bonds. The van der Waals surface area contributed by atoms with Crippen LogP contribution in [-0.4, -0.2) is 47.4 Å². The van der Waals surface area contributed by atoms with E-state index < -0.39 is 12.1 Å². The SMILES string of the molecule is CCCCC/C=C\C/C=C\CCCCCCCCCC(=O)OCCCCCCCCCCCCCCCCCCCCCCCCCCCCCCCCCC(=O)NC(CO)C(O)CCCCCCCCCCCCCCCCCC. The predicted molar refractivity (Wildman–Crippen MR) is 356 cm³/mol. The number of carbonyl (C=O) groups is 2. The summed E-state index contributed by atoms with van der Waals surface area (Å²) in [4.78, 5) is 24.6. The van der Waals surface area contributed by atoms with Crippen molar-refractivity contribution in [2.24, 2.45) is 0 Å². The molecule has 0 aliphatic heterocycles. The summed E-state index contributed by atoms with van der Waals surface area (Å²) in [6, 6.07) is -0.538. The minimum atomic E-state index is -0.661. The van der Waals surface area contributed by atoms with Gasteiger partial charge in [0.15, 0.2) is 0 Å². The smallest absolute Gasteiger partial charge is 0.305 e. The molecule has 0 aromatic heterocycles. The molecule has 0 aliphatic carbocycles. The van der Waals surface area contributed by atoms with Gasteiger partial charge in [-0.25, -0.2) is 0 Å². The van der Waals surface area contributed by atoms with Gasteiger partial charge in [-0.1, -0.05) is 372 Å². The Labute approximate surface area is 507 Å². The van der Waals surface area contributed by atoms with Crippen LogP contribution in [0, 0.1) is 0 Å². The number of aliphatic hydroxyl groups excluding tert-OH is 2. The van der Waals surface area contributed by atoms with Gasteiger partial charge in [0.25, 0.3) is 0 Å². The Morgan fingerprint density at radius 3 is 0.963 bits per heavy atom. The molecule has 2 unspecified atom stereocenters. The van der Waals surface area contributed by atoms with Gasteiger partial charge in [0.2, 0.25) is 5.91 Å².